The number of aromatic nitrogens is 2. The van der Waals surface area contributed by atoms with Crippen molar-refractivity contribution < 1.29 is 0 Å². The molecule has 5 heteroatoms. The van der Waals surface area contributed by atoms with E-state index in [-0.39, 0.29) is 0 Å². The van der Waals surface area contributed by atoms with E-state index in [0.29, 0.717) is 27.8 Å². The van der Waals surface area contributed by atoms with Gasteiger partial charge in [0.25, 0.3) is 0 Å². The number of nitriles is 1. The zero-order valence-electron chi connectivity index (χ0n) is 11.0. The Kier molecular flexibility index (Phi) is 3.35. The van der Waals surface area contributed by atoms with Gasteiger partial charge in [-0.3, -0.25) is 4.57 Å². The predicted octanol–water partition coefficient (Wildman–Crippen LogP) is 3.65. The van der Waals surface area contributed by atoms with Crippen molar-refractivity contribution in [3.8, 4) is 23.1 Å². The normalized spacial score (nSPS) is 10.3. The van der Waals surface area contributed by atoms with Crippen LogP contribution in [0, 0.1) is 11.3 Å². The van der Waals surface area contributed by atoms with Gasteiger partial charge in [-0.15, -0.1) is 0 Å². The minimum Gasteiger partial charge on any atom is -0.399 e. The molecule has 0 fully saturated rings. The third kappa shape index (κ3) is 2.47. The van der Waals surface area contributed by atoms with Crippen molar-refractivity contribution in [2.24, 2.45) is 0 Å². The Morgan fingerprint density at radius 3 is 2.81 bits per heavy atom. The smallest absolute Gasteiger partial charge is 0.144 e. The van der Waals surface area contributed by atoms with Gasteiger partial charge in [0.05, 0.1) is 11.3 Å². The molecule has 102 valence electrons. The molecule has 0 aliphatic rings. The molecule has 0 atom stereocenters. The molecule has 0 bridgehead atoms. The van der Waals surface area contributed by atoms with E-state index < -0.39 is 0 Å². The number of nitrogen functional groups attached to an aromatic ring is 1. The molecule has 3 rings (SSSR count). The molecule has 0 saturated carbocycles. The summed E-state index contributed by atoms with van der Waals surface area (Å²) in [5, 5.41) is 9.83. The molecule has 0 aliphatic carbocycles. The minimum atomic E-state index is 0.530. The van der Waals surface area contributed by atoms with Gasteiger partial charge < -0.3 is 5.73 Å². The molecule has 0 unspecified atom stereocenters. The Balaban J connectivity index is 2.21. The lowest BCUT2D eigenvalue weighted by molar-refractivity contribution is 1.06. The Hall–Kier alpha value is -2.77. The van der Waals surface area contributed by atoms with Crippen LogP contribution in [-0.2, 0) is 0 Å². The summed E-state index contributed by atoms with van der Waals surface area (Å²) in [7, 11) is 0. The van der Waals surface area contributed by atoms with Gasteiger partial charge in [-0.25, -0.2) is 4.98 Å². The maximum absolute atomic E-state index is 9.27. The summed E-state index contributed by atoms with van der Waals surface area (Å²) in [5.41, 5.74) is 8.59. The van der Waals surface area contributed by atoms with Gasteiger partial charge in [-0.2, -0.15) is 5.26 Å². The highest BCUT2D eigenvalue weighted by atomic mass is 35.5. The van der Waals surface area contributed by atoms with Crippen molar-refractivity contribution in [1.82, 2.24) is 9.55 Å². The maximum Gasteiger partial charge on any atom is 0.144 e. The van der Waals surface area contributed by atoms with Crippen LogP contribution >= 0.6 is 11.6 Å². The molecule has 3 aromatic rings. The van der Waals surface area contributed by atoms with Gasteiger partial charge in [0.2, 0.25) is 0 Å². The van der Waals surface area contributed by atoms with Gasteiger partial charge in [0.1, 0.15) is 11.9 Å². The van der Waals surface area contributed by atoms with Crippen molar-refractivity contribution in [3.63, 3.8) is 0 Å². The van der Waals surface area contributed by atoms with Crippen LogP contribution in [-0.4, -0.2) is 9.55 Å². The molecule has 1 heterocycles. The van der Waals surface area contributed by atoms with E-state index >= 15 is 0 Å². The summed E-state index contributed by atoms with van der Waals surface area (Å²) >= 11 is 6.05. The molecule has 0 spiro atoms. The fourth-order valence-electron chi connectivity index (χ4n) is 2.19. The molecule has 2 aromatic carbocycles. The molecule has 0 amide bonds. The summed E-state index contributed by atoms with van der Waals surface area (Å²) in [6.07, 6.45) is 3.48. The van der Waals surface area contributed by atoms with Crippen LogP contribution in [0.15, 0.2) is 54.9 Å². The molecule has 0 radical (unpaired) electrons. The first kappa shape index (κ1) is 13.2. The summed E-state index contributed by atoms with van der Waals surface area (Å²) in [5.74, 6) is 0.709. The second-order valence-corrected chi connectivity index (χ2v) is 4.96. The molecule has 2 N–H and O–H groups in total. The molecule has 21 heavy (non-hydrogen) atoms. The quantitative estimate of drug-likeness (QED) is 0.734. The van der Waals surface area contributed by atoms with Crippen LogP contribution in [0.3, 0.4) is 0 Å². The Labute approximate surface area is 127 Å². The number of halogens is 1. The third-order valence-corrected chi connectivity index (χ3v) is 3.36. The zero-order valence-corrected chi connectivity index (χ0v) is 11.7. The van der Waals surface area contributed by atoms with E-state index in [2.05, 4.69) is 11.1 Å². The van der Waals surface area contributed by atoms with Gasteiger partial charge in [0, 0.05) is 28.7 Å². The monoisotopic (exact) mass is 294 g/mol. The van der Waals surface area contributed by atoms with E-state index in [1.165, 1.54) is 0 Å². The number of hydrogen-bond acceptors (Lipinski definition) is 3. The molecular formula is C16H11ClN4. The first-order chi connectivity index (χ1) is 10.2. The number of anilines is 1. The van der Waals surface area contributed by atoms with Crippen molar-refractivity contribution in [2.75, 3.05) is 5.73 Å². The number of benzene rings is 2. The summed E-state index contributed by atoms with van der Waals surface area (Å²) in [6, 6.07) is 14.8. The summed E-state index contributed by atoms with van der Waals surface area (Å²) < 4.78 is 1.83. The number of rotatable bonds is 2. The molecule has 4 nitrogen and oxygen atoms in total. The van der Waals surface area contributed by atoms with E-state index in [9.17, 15) is 5.26 Å². The lowest BCUT2D eigenvalue weighted by atomic mass is 10.1. The van der Waals surface area contributed by atoms with Crippen LogP contribution in [0.5, 0.6) is 0 Å². The van der Waals surface area contributed by atoms with E-state index in [1.54, 1.807) is 30.6 Å². The Bertz CT molecular complexity index is 845. The van der Waals surface area contributed by atoms with Crippen LogP contribution < -0.4 is 5.73 Å². The second-order valence-electron chi connectivity index (χ2n) is 4.52. The Morgan fingerprint density at radius 2 is 2.05 bits per heavy atom. The lowest BCUT2D eigenvalue weighted by Crippen LogP contribution is -1.99. The topological polar surface area (TPSA) is 67.6 Å². The average molecular weight is 295 g/mol. The highest BCUT2D eigenvalue weighted by Crippen LogP contribution is 2.26. The molecular weight excluding hydrogens is 284 g/mol. The third-order valence-electron chi connectivity index (χ3n) is 3.13. The highest BCUT2D eigenvalue weighted by Gasteiger charge is 2.12. The van der Waals surface area contributed by atoms with Crippen molar-refractivity contribution >= 4 is 17.3 Å². The highest BCUT2D eigenvalue weighted by molar-refractivity contribution is 6.30. The first-order valence-corrected chi connectivity index (χ1v) is 6.66. The minimum absolute atomic E-state index is 0.530. The van der Waals surface area contributed by atoms with Crippen LogP contribution in [0.25, 0.3) is 17.1 Å². The van der Waals surface area contributed by atoms with E-state index in [1.807, 2.05) is 28.8 Å². The number of nitrogens with two attached hydrogens (primary N) is 1. The number of hydrogen-bond donors (Lipinski definition) is 1. The first-order valence-electron chi connectivity index (χ1n) is 6.28. The summed E-state index contributed by atoms with van der Waals surface area (Å²) in [6.45, 7) is 0. The van der Waals surface area contributed by atoms with Gasteiger partial charge in [-0.1, -0.05) is 23.7 Å². The average Bonchev–Trinajstić information content (AvgIpc) is 2.96. The number of imidazole rings is 1. The van der Waals surface area contributed by atoms with Gasteiger partial charge in [-0.05, 0) is 30.3 Å². The van der Waals surface area contributed by atoms with Crippen molar-refractivity contribution in [2.45, 2.75) is 0 Å². The van der Waals surface area contributed by atoms with E-state index in [4.69, 9.17) is 17.3 Å². The van der Waals surface area contributed by atoms with Crippen LogP contribution in [0.4, 0.5) is 5.69 Å². The SMILES string of the molecule is N#Cc1ccc(Cl)cc1-n1ccnc1-c1cccc(N)c1. The van der Waals surface area contributed by atoms with Crippen molar-refractivity contribution in [1.29, 1.82) is 5.26 Å². The van der Waals surface area contributed by atoms with Gasteiger partial charge in [0.15, 0.2) is 0 Å². The second kappa shape index (κ2) is 5.31. The zero-order chi connectivity index (χ0) is 14.8. The molecule has 0 aliphatic heterocycles. The van der Waals surface area contributed by atoms with Crippen molar-refractivity contribution in [3.05, 3.63) is 65.4 Å². The van der Waals surface area contributed by atoms with Crippen LogP contribution in [0.1, 0.15) is 5.56 Å². The standard InChI is InChI=1S/C16H11ClN4/c17-13-5-4-12(10-18)15(9-13)21-7-6-20-16(21)11-2-1-3-14(19)8-11/h1-9H,19H2. The van der Waals surface area contributed by atoms with Gasteiger partial charge >= 0.3 is 0 Å². The molecule has 0 saturated heterocycles. The summed E-state index contributed by atoms with van der Waals surface area (Å²) in [4.78, 5) is 4.36. The van der Waals surface area contributed by atoms with Crippen LogP contribution in [0.2, 0.25) is 5.02 Å². The lowest BCUT2D eigenvalue weighted by Gasteiger charge is -2.10. The predicted molar refractivity (Wildman–Crippen MR) is 83.1 cm³/mol. The maximum atomic E-state index is 9.27. The Morgan fingerprint density at radius 1 is 1.19 bits per heavy atom. The molecule has 1 aromatic heterocycles. The fraction of sp³-hybridized carbons (Fsp3) is 0. The van der Waals surface area contributed by atoms with E-state index in [0.717, 1.165) is 5.56 Å². The largest absolute Gasteiger partial charge is 0.399 e. The fourth-order valence-corrected chi connectivity index (χ4v) is 2.35. The number of nitrogens with zero attached hydrogens (tertiary/aromatic N) is 3.